The Morgan fingerprint density at radius 2 is 1.09 bits per heavy atom. The minimum Gasteiger partial charge on any atom is -0.461 e. The van der Waals surface area contributed by atoms with Crippen molar-refractivity contribution in [1.29, 1.82) is 10.5 Å². The first-order chi connectivity index (χ1) is 21.3. The molecule has 8 nitrogen and oxygen atoms in total. The van der Waals surface area contributed by atoms with Gasteiger partial charge in [-0.1, -0.05) is 24.3 Å². The van der Waals surface area contributed by atoms with E-state index in [0.29, 0.717) is 54.8 Å². The zero-order chi connectivity index (χ0) is 31.4. The first-order valence-electron chi connectivity index (χ1n) is 14.1. The molecule has 0 spiro atoms. The van der Waals surface area contributed by atoms with E-state index in [9.17, 15) is 20.1 Å². The summed E-state index contributed by atoms with van der Waals surface area (Å²) >= 11 is 2.86. The van der Waals surface area contributed by atoms with Gasteiger partial charge in [0.1, 0.15) is 23.5 Å². The average molecular weight is 623 g/mol. The summed E-state index contributed by atoms with van der Waals surface area (Å²) in [5.74, 6) is 0.158. The Bertz CT molecular complexity index is 1830. The van der Waals surface area contributed by atoms with Gasteiger partial charge in [-0.2, -0.15) is 10.5 Å². The van der Waals surface area contributed by atoms with Gasteiger partial charge in [-0.05, 0) is 74.2 Å². The van der Waals surface area contributed by atoms with Gasteiger partial charge in [-0.25, -0.2) is 9.59 Å². The van der Waals surface area contributed by atoms with Gasteiger partial charge in [-0.15, -0.1) is 23.5 Å². The molecule has 0 aliphatic carbocycles. The third kappa shape index (κ3) is 5.92. The summed E-state index contributed by atoms with van der Waals surface area (Å²) in [5, 5.41) is 20.0. The number of carbonyl (C=O) groups is 2. The standard InChI is InChI=1S/C34H30N4O4S2/c1-5-41-33(39)29-31(25(17-35)27-15-21(3)11-13-37(27)29)43-19-23-7-9-24(10-8-23)20-44-32-26(18-36)28-16-22(4)12-14-38(28)30(32)34(40)42-6-2/h7-16H,5-6,19-20H2,1-4H3. The third-order valence-corrected chi connectivity index (χ3v) is 9.38. The van der Waals surface area contributed by atoms with Crippen LogP contribution in [0.2, 0.25) is 0 Å². The van der Waals surface area contributed by atoms with Crippen molar-refractivity contribution < 1.29 is 19.1 Å². The van der Waals surface area contributed by atoms with E-state index in [0.717, 1.165) is 22.3 Å². The molecule has 10 heteroatoms. The maximum absolute atomic E-state index is 12.9. The molecule has 0 atom stereocenters. The number of aromatic nitrogens is 2. The number of fused-ring (bicyclic) bond motifs is 2. The molecule has 1 aromatic carbocycles. The van der Waals surface area contributed by atoms with Crippen LogP contribution in [0.25, 0.3) is 11.0 Å². The van der Waals surface area contributed by atoms with Crippen molar-refractivity contribution in [2.75, 3.05) is 13.2 Å². The molecule has 0 saturated carbocycles. The van der Waals surface area contributed by atoms with E-state index in [4.69, 9.17) is 9.47 Å². The van der Waals surface area contributed by atoms with E-state index in [2.05, 4.69) is 12.1 Å². The second-order valence-electron chi connectivity index (χ2n) is 10.1. The SMILES string of the molecule is CCOC(=O)c1c(SCc2ccc(CSc3c(C#N)c4cc(C)ccn4c3C(=O)OCC)cc2)c(C#N)c2cc(C)ccn12. The number of rotatable bonds is 10. The zero-order valence-corrected chi connectivity index (χ0v) is 26.5. The molecule has 0 aliphatic rings. The molecule has 0 amide bonds. The molecule has 0 fully saturated rings. The third-order valence-electron chi connectivity index (χ3n) is 7.05. The highest BCUT2D eigenvalue weighted by atomic mass is 32.2. The van der Waals surface area contributed by atoms with Gasteiger partial charge in [0.25, 0.3) is 0 Å². The van der Waals surface area contributed by atoms with E-state index < -0.39 is 11.9 Å². The molecule has 4 heterocycles. The molecular formula is C34H30N4O4S2. The highest BCUT2D eigenvalue weighted by Gasteiger charge is 2.26. The van der Waals surface area contributed by atoms with Crippen LogP contribution >= 0.6 is 23.5 Å². The fourth-order valence-electron chi connectivity index (χ4n) is 5.00. The predicted octanol–water partition coefficient (Wildman–Crippen LogP) is 7.49. The van der Waals surface area contributed by atoms with Crippen LogP contribution < -0.4 is 0 Å². The molecule has 0 bridgehead atoms. The Morgan fingerprint density at radius 1 is 0.705 bits per heavy atom. The van der Waals surface area contributed by atoms with Crippen LogP contribution in [0.3, 0.4) is 0 Å². The van der Waals surface area contributed by atoms with Gasteiger partial charge in [-0.3, -0.25) is 0 Å². The van der Waals surface area contributed by atoms with Crippen molar-refractivity contribution in [1.82, 2.24) is 8.80 Å². The number of hydrogen-bond acceptors (Lipinski definition) is 8. The normalized spacial score (nSPS) is 11.0. The Hall–Kier alpha value is -4.64. The van der Waals surface area contributed by atoms with E-state index in [1.807, 2.05) is 62.4 Å². The lowest BCUT2D eigenvalue weighted by Gasteiger charge is -2.08. The molecule has 5 rings (SSSR count). The van der Waals surface area contributed by atoms with Crippen molar-refractivity contribution in [3.05, 3.63) is 106 Å². The largest absolute Gasteiger partial charge is 0.461 e. The summed E-state index contributed by atoms with van der Waals surface area (Å²) in [6, 6.07) is 20.2. The molecular weight excluding hydrogens is 593 g/mol. The van der Waals surface area contributed by atoms with Crippen molar-refractivity contribution in [3.8, 4) is 12.1 Å². The average Bonchev–Trinajstić information content (AvgIpc) is 3.50. The summed E-state index contributed by atoms with van der Waals surface area (Å²) in [6.07, 6.45) is 3.60. The Labute approximate surface area is 264 Å². The van der Waals surface area contributed by atoms with Crippen LogP contribution in [0, 0.1) is 36.5 Å². The zero-order valence-electron chi connectivity index (χ0n) is 24.8. The molecule has 0 aliphatic heterocycles. The van der Waals surface area contributed by atoms with Gasteiger partial charge < -0.3 is 18.3 Å². The molecule has 0 radical (unpaired) electrons. The van der Waals surface area contributed by atoms with E-state index in [1.165, 1.54) is 23.5 Å². The molecule has 5 aromatic rings. The number of esters is 2. The second kappa shape index (κ2) is 13.3. The first kappa shape index (κ1) is 30.8. The lowest BCUT2D eigenvalue weighted by Crippen LogP contribution is -2.09. The van der Waals surface area contributed by atoms with Crippen LogP contribution in [0.1, 0.15) is 68.2 Å². The number of hydrogen-bond donors (Lipinski definition) is 0. The Kier molecular flexibility index (Phi) is 9.34. The minimum atomic E-state index is -0.463. The van der Waals surface area contributed by atoms with Gasteiger partial charge in [0.05, 0.1) is 45.2 Å². The maximum Gasteiger partial charge on any atom is 0.356 e. The van der Waals surface area contributed by atoms with Crippen molar-refractivity contribution in [2.24, 2.45) is 0 Å². The smallest absolute Gasteiger partial charge is 0.356 e. The summed E-state index contributed by atoms with van der Waals surface area (Å²) in [6.45, 7) is 7.88. The topological polar surface area (TPSA) is 109 Å². The molecule has 0 N–H and O–H groups in total. The summed E-state index contributed by atoms with van der Waals surface area (Å²) in [5.41, 5.74) is 7.00. The van der Waals surface area contributed by atoms with Crippen LogP contribution in [0.15, 0.2) is 70.7 Å². The van der Waals surface area contributed by atoms with E-state index >= 15 is 0 Å². The second-order valence-corrected chi connectivity index (χ2v) is 12.1. The van der Waals surface area contributed by atoms with Crippen molar-refractivity contribution >= 4 is 46.5 Å². The summed E-state index contributed by atoms with van der Waals surface area (Å²) in [7, 11) is 0. The number of nitriles is 2. The number of ether oxygens (including phenoxy) is 2. The monoisotopic (exact) mass is 622 g/mol. The number of thioether (sulfide) groups is 2. The summed E-state index contributed by atoms with van der Waals surface area (Å²) in [4.78, 5) is 27.1. The molecule has 4 aromatic heterocycles. The van der Waals surface area contributed by atoms with Gasteiger partial charge >= 0.3 is 11.9 Å². The Balaban J connectivity index is 1.38. The van der Waals surface area contributed by atoms with Crippen LogP contribution in [0.4, 0.5) is 0 Å². The fourth-order valence-corrected chi connectivity index (χ4v) is 7.23. The molecule has 222 valence electrons. The van der Waals surface area contributed by atoms with Crippen molar-refractivity contribution in [2.45, 2.75) is 49.0 Å². The van der Waals surface area contributed by atoms with Crippen LogP contribution in [-0.2, 0) is 21.0 Å². The highest BCUT2D eigenvalue weighted by molar-refractivity contribution is 7.99. The predicted molar refractivity (Wildman–Crippen MR) is 171 cm³/mol. The van der Waals surface area contributed by atoms with E-state index in [-0.39, 0.29) is 13.2 Å². The number of benzene rings is 1. The van der Waals surface area contributed by atoms with E-state index in [1.54, 1.807) is 35.0 Å². The minimum absolute atomic E-state index is 0.236. The number of carbonyl (C=O) groups excluding carboxylic acids is 2. The molecule has 0 unspecified atom stereocenters. The number of nitrogens with zero attached hydrogens (tertiary/aromatic N) is 4. The number of pyridine rings is 2. The lowest BCUT2D eigenvalue weighted by molar-refractivity contribution is 0.0504. The summed E-state index contributed by atoms with van der Waals surface area (Å²) < 4.78 is 14.1. The Morgan fingerprint density at radius 3 is 1.43 bits per heavy atom. The van der Waals surface area contributed by atoms with Gasteiger partial charge in [0.15, 0.2) is 0 Å². The van der Waals surface area contributed by atoms with Crippen LogP contribution in [-0.4, -0.2) is 34.0 Å². The van der Waals surface area contributed by atoms with Gasteiger partial charge in [0, 0.05) is 23.9 Å². The number of aryl methyl sites for hydroxylation is 2. The molecule has 44 heavy (non-hydrogen) atoms. The van der Waals surface area contributed by atoms with Crippen LogP contribution in [0.5, 0.6) is 0 Å². The maximum atomic E-state index is 12.9. The van der Waals surface area contributed by atoms with Crippen molar-refractivity contribution in [3.63, 3.8) is 0 Å². The highest BCUT2D eigenvalue weighted by Crippen LogP contribution is 2.37. The first-order valence-corrected chi connectivity index (χ1v) is 16.1. The fraction of sp³-hybridized carbons (Fsp3) is 0.235. The molecule has 0 saturated heterocycles. The van der Waals surface area contributed by atoms with Gasteiger partial charge in [0.2, 0.25) is 0 Å². The lowest BCUT2D eigenvalue weighted by atomic mass is 10.2. The quantitative estimate of drug-likeness (QED) is 0.116.